The molecule has 4 aromatic rings. The molecule has 0 unspecified atom stereocenters. The Morgan fingerprint density at radius 1 is 0.872 bits per heavy atom. The Morgan fingerprint density at radius 3 is 2.05 bits per heavy atom. The topological polar surface area (TPSA) is 118 Å². The van der Waals surface area contributed by atoms with Crippen LogP contribution in [0, 0.1) is 6.92 Å². The van der Waals surface area contributed by atoms with E-state index in [0.29, 0.717) is 28.8 Å². The molecule has 0 N–H and O–H groups in total. The van der Waals surface area contributed by atoms with Gasteiger partial charge in [-0.25, -0.2) is 18.4 Å². The van der Waals surface area contributed by atoms with Gasteiger partial charge in [-0.05, 0) is 45.4 Å². The van der Waals surface area contributed by atoms with Crippen molar-refractivity contribution < 1.29 is 22.6 Å². The number of benzene rings is 2. The van der Waals surface area contributed by atoms with Crippen LogP contribution in [0.2, 0.25) is 0 Å². The molecule has 206 valence electrons. The second kappa shape index (κ2) is 11.9. The van der Waals surface area contributed by atoms with Crippen molar-refractivity contribution in [2.45, 2.75) is 50.9 Å². The monoisotopic (exact) mass is 551 g/mol. The summed E-state index contributed by atoms with van der Waals surface area (Å²) in [5.41, 5.74) is 2.12. The number of para-hydroxylation sites is 1. The van der Waals surface area contributed by atoms with Crippen LogP contribution in [0.3, 0.4) is 0 Å². The largest absolute Gasteiger partial charge is 0.494 e. The van der Waals surface area contributed by atoms with Gasteiger partial charge in [0.15, 0.2) is 27.3 Å². The highest BCUT2D eigenvalue weighted by Crippen LogP contribution is 2.37. The van der Waals surface area contributed by atoms with Crippen molar-refractivity contribution in [3.63, 3.8) is 0 Å². The maximum atomic E-state index is 13.9. The van der Waals surface area contributed by atoms with E-state index in [1.165, 1.54) is 0 Å². The van der Waals surface area contributed by atoms with Gasteiger partial charge in [0, 0.05) is 18.0 Å². The lowest BCUT2D eigenvalue weighted by Crippen LogP contribution is -2.32. The van der Waals surface area contributed by atoms with Crippen LogP contribution in [0.1, 0.15) is 44.1 Å². The molecular weight excluding hydrogens is 518 g/mol. The van der Waals surface area contributed by atoms with Crippen LogP contribution in [-0.4, -0.2) is 58.7 Å². The van der Waals surface area contributed by atoms with E-state index >= 15 is 0 Å². The fraction of sp³-hybridized carbons (Fsp3) is 0.357. The Bertz CT molecular complexity index is 1480. The summed E-state index contributed by atoms with van der Waals surface area (Å²) in [6, 6.07) is 14.7. The molecule has 10 nitrogen and oxygen atoms in total. The van der Waals surface area contributed by atoms with Crippen LogP contribution >= 0.6 is 0 Å². The van der Waals surface area contributed by atoms with Gasteiger partial charge in [0.25, 0.3) is 0 Å². The molecule has 2 heterocycles. The molecule has 0 bridgehead atoms. The minimum absolute atomic E-state index is 0.205. The minimum Gasteiger partial charge on any atom is -0.494 e. The van der Waals surface area contributed by atoms with Crippen molar-refractivity contribution in [3.05, 3.63) is 78.1 Å². The fourth-order valence-corrected chi connectivity index (χ4v) is 5.57. The lowest BCUT2D eigenvalue weighted by molar-refractivity contribution is 0.00141. The van der Waals surface area contributed by atoms with Crippen LogP contribution in [0.5, 0.6) is 11.5 Å². The number of hydrogen-bond donors (Lipinski definition) is 0. The molecule has 11 heteroatoms. The number of rotatable bonds is 11. The second-order valence-electron chi connectivity index (χ2n) is 9.39. The maximum Gasteiger partial charge on any atom is 0.168 e. The van der Waals surface area contributed by atoms with Gasteiger partial charge < -0.3 is 14.2 Å². The van der Waals surface area contributed by atoms with Crippen molar-refractivity contribution in [1.82, 2.24) is 24.7 Å². The second-order valence-corrected chi connectivity index (χ2v) is 11.7. The first-order valence-electron chi connectivity index (χ1n) is 12.5. The Hall–Kier alpha value is -3.83. The average molecular weight is 552 g/mol. The highest BCUT2D eigenvalue weighted by atomic mass is 32.2. The lowest BCUT2D eigenvalue weighted by Gasteiger charge is -2.25. The molecule has 4 rings (SSSR count). The number of ether oxygens (including phenoxy) is 3. The van der Waals surface area contributed by atoms with Gasteiger partial charge in [0.1, 0.15) is 29.0 Å². The number of sulfone groups is 1. The molecule has 39 heavy (non-hydrogen) atoms. The van der Waals surface area contributed by atoms with Crippen molar-refractivity contribution in [2.75, 3.05) is 14.2 Å². The smallest absolute Gasteiger partial charge is 0.168 e. The predicted molar refractivity (Wildman–Crippen MR) is 148 cm³/mol. The molecule has 0 aliphatic rings. The number of hydrogen-bond acceptors (Lipinski definition) is 9. The fourth-order valence-electron chi connectivity index (χ4n) is 4.20. The van der Waals surface area contributed by atoms with Crippen LogP contribution in [0.4, 0.5) is 0 Å². The number of nitrogens with zero attached hydrogens (tertiary/aromatic N) is 5. The minimum atomic E-state index is -3.86. The van der Waals surface area contributed by atoms with E-state index in [1.807, 2.05) is 51.1 Å². The standard InChI is InChI=1S/C28H33N5O5S/c1-18(2)38-26(27-29-15-19(3)16-30-27)20(4)39(34,35)17-24-31-32-28(21-11-8-7-9-12-21)33(24)25-22(36-5)13-10-14-23(25)37-6/h7-16,18,20,26H,17H2,1-6H3/t20-,26+/m0/s1. The zero-order chi connectivity index (χ0) is 28.2. The SMILES string of the molecule is COc1cccc(OC)c1-n1c(CS(=O)(=O)[C@@H](C)[C@@H](OC(C)C)c2ncc(C)cn2)nnc1-c1ccccc1. The lowest BCUT2D eigenvalue weighted by atomic mass is 10.2. The van der Waals surface area contributed by atoms with E-state index in [2.05, 4.69) is 20.2 Å². The summed E-state index contributed by atoms with van der Waals surface area (Å²) >= 11 is 0. The Balaban J connectivity index is 1.83. The Kier molecular flexibility index (Phi) is 8.61. The van der Waals surface area contributed by atoms with E-state index in [4.69, 9.17) is 14.2 Å². The van der Waals surface area contributed by atoms with E-state index < -0.39 is 26.9 Å². The van der Waals surface area contributed by atoms with Gasteiger partial charge in [-0.2, -0.15) is 0 Å². The Morgan fingerprint density at radius 2 is 1.49 bits per heavy atom. The van der Waals surface area contributed by atoms with Gasteiger partial charge in [-0.1, -0.05) is 36.4 Å². The van der Waals surface area contributed by atoms with Gasteiger partial charge in [-0.15, -0.1) is 10.2 Å². The van der Waals surface area contributed by atoms with Gasteiger partial charge in [-0.3, -0.25) is 4.57 Å². The summed E-state index contributed by atoms with van der Waals surface area (Å²) in [4.78, 5) is 8.72. The molecule has 0 spiro atoms. The molecule has 0 aliphatic carbocycles. The summed E-state index contributed by atoms with van der Waals surface area (Å²) in [7, 11) is -0.784. The first-order chi connectivity index (χ1) is 18.7. The summed E-state index contributed by atoms with van der Waals surface area (Å²) in [5.74, 6) is 1.51. The molecule has 0 aliphatic heterocycles. The van der Waals surface area contributed by atoms with Crippen LogP contribution in [-0.2, 0) is 20.3 Å². The molecule has 0 saturated carbocycles. The molecule has 0 saturated heterocycles. The molecular formula is C28H33N5O5S. The number of aryl methyl sites for hydroxylation is 1. The molecule has 0 fully saturated rings. The third-order valence-corrected chi connectivity index (χ3v) is 8.23. The van der Waals surface area contributed by atoms with Gasteiger partial charge >= 0.3 is 0 Å². The first-order valence-corrected chi connectivity index (χ1v) is 14.2. The van der Waals surface area contributed by atoms with Crippen molar-refractivity contribution in [3.8, 4) is 28.6 Å². The summed E-state index contributed by atoms with van der Waals surface area (Å²) in [6.45, 7) is 7.16. The third-order valence-electron chi connectivity index (χ3n) is 6.18. The third kappa shape index (κ3) is 6.10. The quantitative estimate of drug-likeness (QED) is 0.265. The zero-order valence-electron chi connectivity index (χ0n) is 22.9. The first kappa shape index (κ1) is 28.2. The molecule has 2 aromatic heterocycles. The highest BCUT2D eigenvalue weighted by molar-refractivity contribution is 7.91. The van der Waals surface area contributed by atoms with Gasteiger partial charge in [0.05, 0.1) is 25.6 Å². The van der Waals surface area contributed by atoms with E-state index in [9.17, 15) is 8.42 Å². The normalized spacial score (nSPS) is 13.3. The predicted octanol–water partition coefficient (Wildman–Crippen LogP) is 4.52. The summed E-state index contributed by atoms with van der Waals surface area (Å²) in [6.07, 6.45) is 2.18. The molecule has 0 radical (unpaired) electrons. The van der Waals surface area contributed by atoms with E-state index in [0.717, 1.165) is 11.1 Å². The Labute approximate surface area is 228 Å². The van der Waals surface area contributed by atoms with Crippen molar-refractivity contribution in [2.24, 2.45) is 0 Å². The van der Waals surface area contributed by atoms with Crippen LogP contribution in [0.25, 0.3) is 17.1 Å². The number of aromatic nitrogens is 5. The zero-order valence-corrected chi connectivity index (χ0v) is 23.7. The molecule has 0 amide bonds. The van der Waals surface area contributed by atoms with E-state index in [1.54, 1.807) is 56.3 Å². The highest BCUT2D eigenvalue weighted by Gasteiger charge is 2.36. The average Bonchev–Trinajstić information content (AvgIpc) is 3.33. The van der Waals surface area contributed by atoms with Crippen molar-refractivity contribution >= 4 is 9.84 Å². The maximum absolute atomic E-state index is 13.9. The van der Waals surface area contributed by atoms with E-state index in [-0.39, 0.29) is 11.9 Å². The van der Waals surface area contributed by atoms with Gasteiger partial charge in [0.2, 0.25) is 0 Å². The van der Waals surface area contributed by atoms with Crippen molar-refractivity contribution in [1.29, 1.82) is 0 Å². The van der Waals surface area contributed by atoms with Crippen LogP contribution in [0.15, 0.2) is 60.9 Å². The number of methoxy groups -OCH3 is 2. The molecule has 2 aromatic carbocycles. The summed E-state index contributed by atoms with van der Waals surface area (Å²) < 4.78 is 46.8. The summed E-state index contributed by atoms with van der Waals surface area (Å²) in [5, 5.41) is 7.76. The van der Waals surface area contributed by atoms with Crippen LogP contribution < -0.4 is 9.47 Å². The molecule has 2 atom stereocenters.